The van der Waals surface area contributed by atoms with Gasteiger partial charge in [0.25, 0.3) is 0 Å². The third kappa shape index (κ3) is 12.5. The first-order valence-corrected chi connectivity index (χ1v) is 17.7. The van der Waals surface area contributed by atoms with E-state index in [9.17, 15) is 19.5 Å². The van der Waals surface area contributed by atoms with E-state index in [-0.39, 0.29) is 38.1 Å². The van der Waals surface area contributed by atoms with Crippen molar-refractivity contribution in [2.45, 2.75) is 71.8 Å². The Hall–Kier alpha value is -5.70. The Labute approximate surface area is 309 Å². The molecule has 0 spiro atoms. The van der Waals surface area contributed by atoms with E-state index in [0.717, 1.165) is 42.7 Å². The van der Waals surface area contributed by atoms with Crippen LogP contribution in [0.3, 0.4) is 0 Å². The summed E-state index contributed by atoms with van der Waals surface area (Å²) in [5.74, 6) is 0.637. The molecular formula is C38H49N7O8. The molecule has 0 fully saturated rings. The van der Waals surface area contributed by atoms with Gasteiger partial charge in [-0.25, -0.2) is 19.6 Å². The number of pyridine rings is 1. The Morgan fingerprint density at radius 2 is 1.74 bits per heavy atom. The van der Waals surface area contributed by atoms with E-state index in [2.05, 4.69) is 22.5 Å². The summed E-state index contributed by atoms with van der Waals surface area (Å²) in [6.07, 6.45) is 2.60. The van der Waals surface area contributed by atoms with Crippen molar-refractivity contribution >= 4 is 46.6 Å². The van der Waals surface area contributed by atoms with Crippen LogP contribution in [0, 0.1) is 5.41 Å². The van der Waals surface area contributed by atoms with Crippen LogP contribution in [0.1, 0.15) is 76.1 Å². The van der Waals surface area contributed by atoms with Crippen LogP contribution in [0.25, 0.3) is 11.0 Å². The number of aliphatic hydroxyl groups is 1. The highest BCUT2D eigenvalue weighted by Gasteiger charge is 2.22. The molecule has 4 rings (SSSR count). The first-order chi connectivity index (χ1) is 25.5. The van der Waals surface area contributed by atoms with Crippen LogP contribution >= 0.6 is 0 Å². The maximum Gasteiger partial charge on any atom is 0.508 e. The monoisotopic (exact) mass is 731 g/mol. The highest BCUT2D eigenvalue weighted by Crippen LogP contribution is 2.27. The number of amides is 1. The van der Waals surface area contributed by atoms with Crippen LogP contribution in [-0.4, -0.2) is 76.2 Å². The van der Waals surface area contributed by atoms with E-state index >= 15 is 0 Å². The number of fused-ring (bicyclic) bond motifs is 1. The summed E-state index contributed by atoms with van der Waals surface area (Å²) in [7, 11) is 1.91. The number of nitrogens with zero attached hydrogens (tertiary/aromatic N) is 4. The van der Waals surface area contributed by atoms with Crippen LogP contribution < -0.4 is 15.5 Å². The second kappa shape index (κ2) is 20.4. The molecule has 0 aliphatic carbocycles. The lowest BCUT2D eigenvalue weighted by Crippen LogP contribution is -2.32. The minimum absolute atomic E-state index is 0.0438. The minimum atomic E-state index is -1.15. The zero-order valence-corrected chi connectivity index (χ0v) is 30.7. The standard InChI is InChI=1S/C38H49N7O8/c1-5-6-7-10-21-51-37(48)43-35(39)27-12-15-29(16-13-27)41-25-33-42-30-24-28(14-17-31(30)44(33)4)36(47)45(32-11-8-9-19-40-32)20-18-34(46)50-22-23-52-38(49)53-26(2)3/h8-9,11-17,19,24,26,36,41,47H,5-7,10,18,20-23,25H2,1-4H3,(H2,39,43,48). The molecule has 53 heavy (non-hydrogen) atoms. The van der Waals surface area contributed by atoms with E-state index in [1.54, 1.807) is 67.4 Å². The van der Waals surface area contributed by atoms with Crippen molar-refractivity contribution in [3.8, 4) is 0 Å². The van der Waals surface area contributed by atoms with Gasteiger partial charge in [0.1, 0.15) is 30.7 Å². The maximum absolute atomic E-state index is 12.5. The second-order valence-corrected chi connectivity index (χ2v) is 12.5. The fourth-order valence-electron chi connectivity index (χ4n) is 5.28. The number of alkyl carbamates (subject to hydrolysis) is 1. The summed E-state index contributed by atoms with van der Waals surface area (Å²) < 4.78 is 22.1. The zero-order valence-electron chi connectivity index (χ0n) is 30.7. The average molecular weight is 732 g/mol. The number of imidazole rings is 1. The number of anilines is 2. The number of aliphatic hydroxyl groups excluding tert-OH is 1. The fourth-order valence-corrected chi connectivity index (χ4v) is 5.28. The highest BCUT2D eigenvalue weighted by molar-refractivity contribution is 6.04. The number of benzene rings is 2. The van der Waals surface area contributed by atoms with Crippen LogP contribution in [0.2, 0.25) is 0 Å². The number of amidine groups is 1. The molecule has 1 unspecified atom stereocenters. The number of esters is 1. The Morgan fingerprint density at radius 1 is 0.962 bits per heavy atom. The number of hydrogen-bond acceptors (Lipinski definition) is 13. The second-order valence-electron chi connectivity index (χ2n) is 12.5. The maximum atomic E-state index is 12.5. The lowest BCUT2D eigenvalue weighted by molar-refractivity contribution is -0.144. The molecule has 1 amide bonds. The summed E-state index contributed by atoms with van der Waals surface area (Å²) in [6, 6.07) is 17.9. The third-order valence-electron chi connectivity index (χ3n) is 8.07. The van der Waals surface area contributed by atoms with Crippen molar-refractivity contribution in [3.05, 3.63) is 83.8 Å². The molecule has 284 valence electrons. The number of unbranched alkanes of at least 4 members (excludes halogenated alkanes) is 3. The number of nitrogens with one attached hydrogen (secondary N) is 3. The molecule has 2 heterocycles. The predicted octanol–water partition coefficient (Wildman–Crippen LogP) is 6.20. The van der Waals surface area contributed by atoms with Crippen molar-refractivity contribution in [2.75, 3.05) is 36.6 Å². The molecule has 15 heteroatoms. The highest BCUT2D eigenvalue weighted by atomic mass is 16.7. The van der Waals surface area contributed by atoms with E-state index in [4.69, 9.17) is 29.3 Å². The van der Waals surface area contributed by atoms with Gasteiger partial charge in [0.15, 0.2) is 6.23 Å². The van der Waals surface area contributed by atoms with E-state index in [1.165, 1.54) is 0 Å². The van der Waals surface area contributed by atoms with Gasteiger partial charge in [-0.05, 0) is 68.8 Å². The number of rotatable bonds is 19. The van der Waals surface area contributed by atoms with Crippen LogP contribution in [0.5, 0.6) is 0 Å². The lowest BCUT2D eigenvalue weighted by Gasteiger charge is -2.29. The molecule has 0 saturated heterocycles. The molecule has 4 aromatic rings. The van der Waals surface area contributed by atoms with Crippen LogP contribution in [-0.2, 0) is 37.3 Å². The molecule has 2 aromatic heterocycles. The Kier molecular flexibility index (Phi) is 15.4. The summed E-state index contributed by atoms with van der Waals surface area (Å²) in [5, 5.41) is 25.6. The first kappa shape index (κ1) is 40.1. The van der Waals surface area contributed by atoms with Crippen molar-refractivity contribution < 1.29 is 38.4 Å². The first-order valence-electron chi connectivity index (χ1n) is 17.7. The molecular weight excluding hydrogens is 682 g/mol. The number of aryl methyl sites for hydroxylation is 1. The van der Waals surface area contributed by atoms with Gasteiger partial charge in [-0.2, -0.15) is 0 Å². The Bertz CT molecular complexity index is 1800. The number of ether oxygens (including phenoxy) is 4. The largest absolute Gasteiger partial charge is 0.508 e. The SMILES string of the molecule is CCCCCCOC(=O)NC(=N)c1ccc(NCc2nc3cc(C(O)N(CCC(=O)OCCOC(=O)OC(C)C)c4ccccn4)ccc3n2C)cc1. The average Bonchev–Trinajstić information content (AvgIpc) is 3.46. The molecule has 15 nitrogen and oxygen atoms in total. The van der Waals surface area contributed by atoms with Crippen molar-refractivity contribution in [2.24, 2.45) is 7.05 Å². The van der Waals surface area contributed by atoms with Gasteiger partial charge < -0.3 is 38.8 Å². The predicted molar refractivity (Wildman–Crippen MR) is 200 cm³/mol. The Balaban J connectivity index is 1.34. The van der Waals surface area contributed by atoms with Gasteiger partial charge in [-0.3, -0.25) is 15.5 Å². The molecule has 0 bridgehead atoms. The molecule has 0 radical (unpaired) electrons. The smallest absolute Gasteiger partial charge is 0.462 e. The summed E-state index contributed by atoms with van der Waals surface area (Å²) in [4.78, 5) is 46.8. The lowest BCUT2D eigenvalue weighted by atomic mass is 10.1. The van der Waals surface area contributed by atoms with Gasteiger partial charge in [0.05, 0.1) is 36.7 Å². The molecule has 2 aromatic carbocycles. The third-order valence-corrected chi connectivity index (χ3v) is 8.07. The van der Waals surface area contributed by atoms with Crippen molar-refractivity contribution in [3.63, 3.8) is 0 Å². The summed E-state index contributed by atoms with van der Waals surface area (Å²) in [6.45, 7) is 6.07. The van der Waals surface area contributed by atoms with E-state index < -0.39 is 24.4 Å². The van der Waals surface area contributed by atoms with Crippen molar-refractivity contribution in [1.82, 2.24) is 19.9 Å². The van der Waals surface area contributed by atoms with Gasteiger partial charge >= 0.3 is 18.2 Å². The van der Waals surface area contributed by atoms with Gasteiger partial charge in [0, 0.05) is 36.6 Å². The Morgan fingerprint density at radius 3 is 2.45 bits per heavy atom. The number of aromatic nitrogens is 3. The van der Waals surface area contributed by atoms with Gasteiger partial charge in [0.2, 0.25) is 0 Å². The van der Waals surface area contributed by atoms with Gasteiger partial charge in [-0.15, -0.1) is 0 Å². The number of hydrogen-bond donors (Lipinski definition) is 4. The molecule has 1 atom stereocenters. The topological polar surface area (TPSA) is 190 Å². The normalized spacial score (nSPS) is 11.5. The van der Waals surface area contributed by atoms with E-state index in [0.29, 0.717) is 35.6 Å². The zero-order chi connectivity index (χ0) is 38.2. The summed E-state index contributed by atoms with van der Waals surface area (Å²) >= 11 is 0. The minimum Gasteiger partial charge on any atom is -0.462 e. The number of carbonyl (C=O) groups is 3. The molecule has 4 N–H and O–H groups in total. The van der Waals surface area contributed by atoms with Crippen LogP contribution in [0.4, 0.5) is 21.1 Å². The van der Waals surface area contributed by atoms with Gasteiger partial charge in [-0.1, -0.05) is 38.3 Å². The fraction of sp³-hybridized carbons (Fsp3) is 0.421. The number of carbonyl (C=O) groups excluding carboxylic acids is 3. The summed E-state index contributed by atoms with van der Waals surface area (Å²) in [5.41, 5.74) is 3.42. The molecule has 0 saturated carbocycles. The quantitative estimate of drug-likeness (QED) is 0.0214. The molecule has 0 aliphatic rings. The van der Waals surface area contributed by atoms with Crippen LogP contribution in [0.15, 0.2) is 66.9 Å². The molecule has 0 aliphatic heterocycles. The van der Waals surface area contributed by atoms with Crippen molar-refractivity contribution in [1.29, 1.82) is 5.41 Å². The van der Waals surface area contributed by atoms with E-state index in [1.807, 2.05) is 29.8 Å².